The van der Waals surface area contributed by atoms with E-state index in [0.29, 0.717) is 18.1 Å². The Morgan fingerprint density at radius 1 is 0.818 bits per heavy atom. The van der Waals surface area contributed by atoms with E-state index in [4.69, 9.17) is 15.3 Å². The number of benzene rings is 2. The molecule has 0 heterocycles. The van der Waals surface area contributed by atoms with Crippen molar-refractivity contribution in [2.45, 2.75) is 27.2 Å². The molecule has 0 saturated heterocycles. The second kappa shape index (κ2) is 16.7. The van der Waals surface area contributed by atoms with Crippen LogP contribution in [0.4, 0.5) is 0 Å². The van der Waals surface area contributed by atoms with Crippen molar-refractivity contribution in [3.8, 4) is 11.5 Å². The Hall–Kier alpha value is -2.33. The summed E-state index contributed by atoms with van der Waals surface area (Å²) >= 11 is 0. The SMILES string of the molecule is CC(C)=O.CCCO.Oc1ccccc1.Oc1ccccc1. The molecule has 2 aromatic rings. The summed E-state index contributed by atoms with van der Waals surface area (Å²) < 4.78 is 0. The highest BCUT2D eigenvalue weighted by Gasteiger charge is 1.75. The highest BCUT2D eigenvalue weighted by Crippen LogP contribution is 2.03. The van der Waals surface area contributed by atoms with E-state index in [1.165, 1.54) is 13.8 Å². The standard InChI is InChI=1S/2C6H6O.C3H6O.C3H8O/c2*7-6-4-2-1-3-5-6;1-3(2)4;1-2-3-4/h2*1-5,7H;1-2H3;4H,2-3H2,1H3. The van der Waals surface area contributed by atoms with Gasteiger partial charge in [-0.1, -0.05) is 43.3 Å². The highest BCUT2D eigenvalue weighted by molar-refractivity contribution is 5.72. The topological polar surface area (TPSA) is 77.8 Å². The molecule has 0 unspecified atom stereocenters. The lowest BCUT2D eigenvalue weighted by molar-refractivity contribution is -0.114. The van der Waals surface area contributed by atoms with Gasteiger partial charge < -0.3 is 20.1 Å². The fourth-order valence-corrected chi connectivity index (χ4v) is 0.856. The average Bonchev–Trinajstić information content (AvgIpc) is 2.49. The van der Waals surface area contributed by atoms with E-state index in [9.17, 15) is 4.79 Å². The van der Waals surface area contributed by atoms with E-state index in [0.717, 1.165) is 6.42 Å². The summed E-state index contributed by atoms with van der Waals surface area (Å²) in [4.78, 5) is 9.44. The second-order valence-corrected chi connectivity index (χ2v) is 4.30. The van der Waals surface area contributed by atoms with Crippen LogP contribution in [0, 0.1) is 0 Å². The summed E-state index contributed by atoms with van der Waals surface area (Å²) in [5, 5.41) is 25.1. The van der Waals surface area contributed by atoms with Crippen LogP contribution in [0.15, 0.2) is 60.7 Å². The van der Waals surface area contributed by atoms with E-state index < -0.39 is 0 Å². The number of hydrogen-bond donors (Lipinski definition) is 3. The van der Waals surface area contributed by atoms with Crippen molar-refractivity contribution in [1.29, 1.82) is 0 Å². The maximum absolute atomic E-state index is 9.44. The monoisotopic (exact) mass is 306 g/mol. The molecule has 0 fully saturated rings. The molecule has 0 aliphatic heterocycles. The van der Waals surface area contributed by atoms with Crippen LogP contribution in [0.1, 0.15) is 27.2 Å². The number of aromatic hydroxyl groups is 2. The molecular weight excluding hydrogens is 280 g/mol. The van der Waals surface area contributed by atoms with Gasteiger partial charge in [0.05, 0.1) is 0 Å². The minimum Gasteiger partial charge on any atom is -0.508 e. The van der Waals surface area contributed by atoms with Crippen molar-refractivity contribution in [3.05, 3.63) is 60.7 Å². The minimum atomic E-state index is 0.167. The fraction of sp³-hybridized carbons (Fsp3) is 0.278. The summed E-state index contributed by atoms with van der Waals surface area (Å²) in [6, 6.07) is 17.4. The molecule has 0 atom stereocenters. The van der Waals surface area contributed by atoms with Crippen molar-refractivity contribution in [3.63, 3.8) is 0 Å². The van der Waals surface area contributed by atoms with Crippen LogP contribution in [0.2, 0.25) is 0 Å². The first-order chi connectivity index (χ1) is 10.4. The molecule has 0 aliphatic carbocycles. The van der Waals surface area contributed by atoms with Crippen molar-refractivity contribution >= 4 is 5.78 Å². The van der Waals surface area contributed by atoms with Crippen LogP contribution in [-0.2, 0) is 4.79 Å². The van der Waals surface area contributed by atoms with E-state index in [2.05, 4.69) is 0 Å². The van der Waals surface area contributed by atoms with Crippen LogP contribution < -0.4 is 0 Å². The van der Waals surface area contributed by atoms with Gasteiger partial charge in [0.15, 0.2) is 0 Å². The maximum Gasteiger partial charge on any atom is 0.126 e. The van der Waals surface area contributed by atoms with Crippen molar-refractivity contribution in [2.75, 3.05) is 6.61 Å². The number of phenolic OH excluding ortho intramolecular Hbond substituents is 2. The zero-order valence-corrected chi connectivity index (χ0v) is 13.4. The number of carbonyl (C=O) groups is 1. The second-order valence-electron chi connectivity index (χ2n) is 4.30. The van der Waals surface area contributed by atoms with Crippen LogP contribution in [0.5, 0.6) is 11.5 Å². The van der Waals surface area contributed by atoms with Gasteiger partial charge in [0.2, 0.25) is 0 Å². The smallest absolute Gasteiger partial charge is 0.126 e. The number of phenols is 2. The first-order valence-electron chi connectivity index (χ1n) is 7.00. The molecule has 0 aromatic heterocycles. The van der Waals surface area contributed by atoms with Crippen LogP contribution in [0.3, 0.4) is 0 Å². The molecule has 22 heavy (non-hydrogen) atoms. The first-order valence-corrected chi connectivity index (χ1v) is 7.00. The first kappa shape index (κ1) is 22.0. The Balaban J connectivity index is 0. The molecule has 2 aromatic carbocycles. The van der Waals surface area contributed by atoms with Crippen LogP contribution >= 0.6 is 0 Å². The molecule has 0 radical (unpaired) electrons. The van der Waals surface area contributed by atoms with Gasteiger partial charge in [-0.2, -0.15) is 0 Å². The van der Waals surface area contributed by atoms with Gasteiger partial charge in [0.1, 0.15) is 17.3 Å². The number of aliphatic hydroxyl groups excluding tert-OH is 1. The summed E-state index contributed by atoms with van der Waals surface area (Å²) in [5.41, 5.74) is 0. The molecule has 4 nitrogen and oxygen atoms in total. The zero-order valence-electron chi connectivity index (χ0n) is 13.4. The average molecular weight is 306 g/mol. The van der Waals surface area contributed by atoms with Crippen LogP contribution in [0.25, 0.3) is 0 Å². The Morgan fingerprint density at radius 3 is 1.14 bits per heavy atom. The van der Waals surface area contributed by atoms with E-state index in [1.807, 2.05) is 19.1 Å². The van der Waals surface area contributed by atoms with Gasteiger partial charge in [0, 0.05) is 6.61 Å². The third-order valence-corrected chi connectivity index (χ3v) is 1.74. The molecular formula is C18H26O4. The maximum atomic E-state index is 9.44. The van der Waals surface area contributed by atoms with Crippen molar-refractivity contribution in [2.24, 2.45) is 0 Å². The quantitative estimate of drug-likeness (QED) is 0.749. The number of carbonyl (C=O) groups excluding carboxylic acids is 1. The van der Waals surface area contributed by atoms with Gasteiger partial charge in [-0.05, 0) is 44.5 Å². The van der Waals surface area contributed by atoms with Gasteiger partial charge in [-0.3, -0.25) is 0 Å². The minimum absolute atomic E-state index is 0.167. The Kier molecular flexibility index (Phi) is 16.7. The lowest BCUT2D eigenvalue weighted by Gasteiger charge is -1.82. The summed E-state index contributed by atoms with van der Waals surface area (Å²) in [6.07, 6.45) is 0.875. The normalized spacial score (nSPS) is 8.00. The largest absolute Gasteiger partial charge is 0.508 e. The number of rotatable bonds is 1. The Morgan fingerprint density at radius 2 is 1.05 bits per heavy atom. The molecule has 0 spiro atoms. The molecule has 4 heteroatoms. The molecule has 0 bridgehead atoms. The lowest BCUT2D eigenvalue weighted by Crippen LogP contribution is -1.69. The third kappa shape index (κ3) is 22.8. The van der Waals surface area contributed by atoms with E-state index in [1.54, 1.807) is 48.5 Å². The zero-order chi connectivity index (χ0) is 17.2. The number of ketones is 1. The Bertz CT molecular complexity index is 412. The molecule has 0 amide bonds. The highest BCUT2D eigenvalue weighted by atomic mass is 16.3. The van der Waals surface area contributed by atoms with Gasteiger partial charge in [-0.15, -0.1) is 0 Å². The fourth-order valence-electron chi connectivity index (χ4n) is 0.856. The predicted octanol–water partition coefficient (Wildman–Crippen LogP) is 3.77. The number of aliphatic hydroxyl groups is 1. The number of Topliss-reactive ketones (excluding diaryl/α,β-unsaturated/α-hetero) is 1. The van der Waals surface area contributed by atoms with E-state index in [-0.39, 0.29) is 5.78 Å². The summed E-state index contributed by atoms with van der Waals surface area (Å²) in [5.74, 6) is 0.810. The lowest BCUT2D eigenvalue weighted by atomic mass is 10.3. The van der Waals surface area contributed by atoms with Crippen molar-refractivity contribution < 1.29 is 20.1 Å². The Labute approximate surface area is 132 Å². The number of hydrogen-bond acceptors (Lipinski definition) is 4. The summed E-state index contributed by atoms with van der Waals surface area (Å²) in [7, 11) is 0. The predicted molar refractivity (Wildman–Crippen MR) is 89.9 cm³/mol. The molecule has 0 aliphatic rings. The number of para-hydroxylation sites is 2. The molecule has 122 valence electrons. The van der Waals surface area contributed by atoms with E-state index >= 15 is 0 Å². The molecule has 2 rings (SSSR count). The van der Waals surface area contributed by atoms with Gasteiger partial charge in [0.25, 0.3) is 0 Å². The molecule has 0 saturated carbocycles. The van der Waals surface area contributed by atoms with Gasteiger partial charge >= 0.3 is 0 Å². The van der Waals surface area contributed by atoms with Crippen molar-refractivity contribution in [1.82, 2.24) is 0 Å². The van der Waals surface area contributed by atoms with Crippen LogP contribution in [-0.4, -0.2) is 27.7 Å². The third-order valence-electron chi connectivity index (χ3n) is 1.74. The molecule has 3 N–H and O–H groups in total. The summed E-state index contributed by atoms with van der Waals surface area (Å²) in [6.45, 7) is 5.31. The van der Waals surface area contributed by atoms with Gasteiger partial charge in [-0.25, -0.2) is 0 Å².